The van der Waals surface area contributed by atoms with E-state index in [1.54, 1.807) is 25.6 Å². The van der Waals surface area contributed by atoms with Gasteiger partial charge in [0.1, 0.15) is 11.5 Å². The molecule has 4 heteroatoms. The Labute approximate surface area is 106 Å². The molecule has 3 nitrogen and oxygen atoms in total. The van der Waals surface area contributed by atoms with Crippen molar-refractivity contribution in [1.82, 2.24) is 0 Å². The predicted octanol–water partition coefficient (Wildman–Crippen LogP) is 3.25. The van der Waals surface area contributed by atoms with Crippen molar-refractivity contribution in [3.8, 4) is 5.75 Å². The number of thioether (sulfide) groups is 1. The highest BCUT2D eigenvalue weighted by Crippen LogP contribution is 2.28. The molecule has 0 spiro atoms. The summed E-state index contributed by atoms with van der Waals surface area (Å²) in [6.45, 7) is 3.86. The molecule has 0 aliphatic rings. The first-order valence-corrected chi connectivity index (χ1v) is 6.55. The lowest BCUT2D eigenvalue weighted by Crippen LogP contribution is -2.03. The summed E-state index contributed by atoms with van der Waals surface area (Å²) in [4.78, 5) is 12.2. The van der Waals surface area contributed by atoms with E-state index < -0.39 is 0 Å². The fourth-order valence-corrected chi connectivity index (χ4v) is 1.78. The molecular formula is C13H16O3S. The second-order valence-electron chi connectivity index (χ2n) is 3.26. The second-order valence-corrected chi connectivity index (χ2v) is 4.11. The molecule has 0 aromatic heterocycles. The van der Waals surface area contributed by atoms with E-state index in [2.05, 4.69) is 0 Å². The van der Waals surface area contributed by atoms with Crippen molar-refractivity contribution < 1.29 is 14.3 Å². The topological polar surface area (TPSA) is 35.5 Å². The Morgan fingerprint density at radius 3 is 2.76 bits per heavy atom. The van der Waals surface area contributed by atoms with E-state index in [9.17, 15) is 4.79 Å². The lowest BCUT2D eigenvalue weighted by Gasteiger charge is -2.09. The van der Waals surface area contributed by atoms with Crippen LogP contribution in [0.1, 0.15) is 13.8 Å². The van der Waals surface area contributed by atoms with Crippen molar-refractivity contribution >= 4 is 17.7 Å². The fourth-order valence-electron chi connectivity index (χ4n) is 1.26. The number of rotatable bonds is 5. The molecular weight excluding hydrogens is 236 g/mol. The minimum absolute atomic E-state index is 0.365. The van der Waals surface area contributed by atoms with E-state index in [-0.39, 0.29) is 5.97 Å². The van der Waals surface area contributed by atoms with E-state index in [1.807, 2.05) is 30.5 Å². The number of hydrogen-bond acceptors (Lipinski definition) is 4. The molecule has 0 amide bonds. The first-order valence-electron chi connectivity index (χ1n) is 5.33. The van der Waals surface area contributed by atoms with Crippen LogP contribution in [0.25, 0.3) is 0 Å². The molecule has 1 rings (SSSR count). The molecule has 1 aromatic rings. The smallest absolute Gasteiger partial charge is 0.334 e. The van der Waals surface area contributed by atoms with Gasteiger partial charge in [-0.2, -0.15) is 0 Å². The van der Waals surface area contributed by atoms with Gasteiger partial charge in [0, 0.05) is 4.90 Å². The zero-order chi connectivity index (χ0) is 12.7. The number of ether oxygens (including phenoxy) is 2. The van der Waals surface area contributed by atoms with Gasteiger partial charge in [-0.15, -0.1) is 11.8 Å². The highest BCUT2D eigenvalue weighted by Gasteiger charge is 2.04. The summed E-state index contributed by atoms with van der Waals surface area (Å²) in [7, 11) is 0. The van der Waals surface area contributed by atoms with Crippen LogP contribution in [0.2, 0.25) is 0 Å². The van der Waals surface area contributed by atoms with Crippen LogP contribution in [0.4, 0.5) is 0 Å². The average molecular weight is 252 g/mol. The molecule has 0 saturated carbocycles. The third-order valence-electron chi connectivity index (χ3n) is 1.95. The SMILES string of the molecule is CCOC(=O)C=C(C)Oc1ccccc1SC. The summed E-state index contributed by atoms with van der Waals surface area (Å²) in [5, 5.41) is 0. The summed E-state index contributed by atoms with van der Waals surface area (Å²) in [5.74, 6) is 0.884. The van der Waals surface area contributed by atoms with Crippen molar-refractivity contribution in [3.05, 3.63) is 36.1 Å². The molecule has 0 unspecified atom stereocenters. The summed E-state index contributed by atoms with van der Waals surface area (Å²) in [5.41, 5.74) is 0. The fraction of sp³-hybridized carbons (Fsp3) is 0.308. The molecule has 0 atom stereocenters. The van der Waals surface area contributed by atoms with Gasteiger partial charge in [0.25, 0.3) is 0 Å². The largest absolute Gasteiger partial charge is 0.463 e. The molecule has 0 heterocycles. The molecule has 0 saturated heterocycles. The predicted molar refractivity (Wildman–Crippen MR) is 69.2 cm³/mol. The van der Waals surface area contributed by atoms with E-state index >= 15 is 0 Å². The number of esters is 1. The first kappa shape index (κ1) is 13.6. The maximum Gasteiger partial charge on any atom is 0.334 e. The van der Waals surface area contributed by atoms with Crippen molar-refractivity contribution in [2.24, 2.45) is 0 Å². The van der Waals surface area contributed by atoms with Gasteiger partial charge >= 0.3 is 5.97 Å². The molecule has 0 aliphatic carbocycles. The molecule has 1 aromatic carbocycles. The Bertz CT molecular complexity index is 413. The minimum Gasteiger partial charge on any atom is -0.463 e. The Morgan fingerprint density at radius 1 is 1.41 bits per heavy atom. The summed E-state index contributed by atoms with van der Waals surface area (Å²) in [6, 6.07) is 7.68. The number of carbonyl (C=O) groups excluding carboxylic acids is 1. The van der Waals surface area contributed by atoms with Crippen LogP contribution >= 0.6 is 11.8 Å². The number of hydrogen-bond donors (Lipinski definition) is 0. The summed E-state index contributed by atoms with van der Waals surface area (Å²) >= 11 is 1.60. The molecule has 0 radical (unpaired) electrons. The highest BCUT2D eigenvalue weighted by atomic mass is 32.2. The van der Waals surface area contributed by atoms with Gasteiger partial charge in [0.2, 0.25) is 0 Å². The summed E-state index contributed by atoms with van der Waals surface area (Å²) in [6.07, 6.45) is 3.33. The van der Waals surface area contributed by atoms with Crippen LogP contribution in [0, 0.1) is 0 Å². The maximum atomic E-state index is 11.2. The number of benzene rings is 1. The Morgan fingerprint density at radius 2 is 2.12 bits per heavy atom. The molecule has 17 heavy (non-hydrogen) atoms. The molecule has 0 aliphatic heterocycles. The standard InChI is InChI=1S/C13H16O3S/c1-4-15-13(14)9-10(2)16-11-7-5-6-8-12(11)17-3/h5-9H,4H2,1-3H3. The maximum absolute atomic E-state index is 11.2. The zero-order valence-electron chi connectivity index (χ0n) is 10.2. The van der Waals surface area contributed by atoms with Gasteiger partial charge in [0.15, 0.2) is 0 Å². The lowest BCUT2D eigenvalue weighted by atomic mass is 10.3. The minimum atomic E-state index is -0.383. The van der Waals surface area contributed by atoms with E-state index in [1.165, 1.54) is 6.08 Å². The van der Waals surface area contributed by atoms with E-state index in [4.69, 9.17) is 9.47 Å². The molecule has 0 fully saturated rings. The van der Waals surface area contributed by atoms with E-state index in [0.717, 1.165) is 10.6 Å². The monoisotopic (exact) mass is 252 g/mol. The van der Waals surface area contributed by atoms with Gasteiger partial charge in [-0.1, -0.05) is 12.1 Å². The van der Waals surface area contributed by atoms with Crippen molar-refractivity contribution in [2.45, 2.75) is 18.7 Å². The third-order valence-corrected chi connectivity index (χ3v) is 2.72. The van der Waals surface area contributed by atoms with Crippen LogP contribution in [0.15, 0.2) is 41.0 Å². The summed E-state index contributed by atoms with van der Waals surface area (Å²) < 4.78 is 10.4. The highest BCUT2D eigenvalue weighted by molar-refractivity contribution is 7.98. The van der Waals surface area contributed by atoms with Crippen molar-refractivity contribution in [2.75, 3.05) is 12.9 Å². The van der Waals surface area contributed by atoms with Gasteiger partial charge in [0.05, 0.1) is 12.7 Å². The normalized spacial score (nSPS) is 11.1. The number of para-hydroxylation sites is 1. The second kappa shape index (κ2) is 7.01. The van der Waals surface area contributed by atoms with Gasteiger partial charge in [-0.3, -0.25) is 0 Å². The van der Waals surface area contributed by atoms with Crippen LogP contribution < -0.4 is 4.74 Å². The third kappa shape index (κ3) is 4.53. The average Bonchev–Trinajstić information content (AvgIpc) is 2.29. The lowest BCUT2D eigenvalue weighted by molar-refractivity contribution is -0.137. The van der Waals surface area contributed by atoms with Crippen LogP contribution in [0.3, 0.4) is 0 Å². The molecule has 0 bridgehead atoms. The van der Waals surface area contributed by atoms with E-state index in [0.29, 0.717) is 12.4 Å². The van der Waals surface area contributed by atoms with Crippen LogP contribution in [-0.2, 0) is 9.53 Å². The van der Waals surface area contributed by atoms with Crippen molar-refractivity contribution in [3.63, 3.8) is 0 Å². The van der Waals surface area contributed by atoms with Gasteiger partial charge in [-0.05, 0) is 32.2 Å². The van der Waals surface area contributed by atoms with Gasteiger partial charge in [-0.25, -0.2) is 4.79 Å². The Kier molecular flexibility index (Phi) is 5.63. The quantitative estimate of drug-likeness (QED) is 0.349. The van der Waals surface area contributed by atoms with Crippen molar-refractivity contribution in [1.29, 1.82) is 0 Å². The molecule has 0 N–H and O–H groups in total. The van der Waals surface area contributed by atoms with Gasteiger partial charge < -0.3 is 9.47 Å². The Balaban J connectivity index is 2.73. The van der Waals surface area contributed by atoms with Crippen LogP contribution in [-0.4, -0.2) is 18.8 Å². The number of carbonyl (C=O) groups is 1. The first-order chi connectivity index (χ1) is 8.17. The zero-order valence-corrected chi connectivity index (χ0v) is 11.0. The van der Waals surface area contributed by atoms with Crippen LogP contribution in [0.5, 0.6) is 5.75 Å². The Hall–Kier alpha value is -1.42. The molecule has 92 valence electrons. The number of allylic oxidation sites excluding steroid dienone is 1.